The molecule has 39 heavy (non-hydrogen) atoms. The number of benzene rings is 3. The molecule has 8 heteroatoms. The number of methoxy groups -OCH3 is 1. The normalized spacial score (nSPS) is 12.4. The van der Waals surface area contributed by atoms with Gasteiger partial charge in [-0.15, -0.1) is 0 Å². The second-order valence-electron chi connectivity index (χ2n) is 10.3. The lowest BCUT2D eigenvalue weighted by Gasteiger charge is -2.19. The summed E-state index contributed by atoms with van der Waals surface area (Å²) in [6.45, 7) is 5.40. The number of nitrogens with one attached hydrogen (secondary N) is 1. The molecule has 8 nitrogen and oxygen atoms in total. The molecule has 1 atom stereocenters. The second-order valence-corrected chi connectivity index (χ2v) is 10.3. The fourth-order valence-corrected chi connectivity index (χ4v) is 4.75. The van der Waals surface area contributed by atoms with Crippen LogP contribution in [0, 0.1) is 0 Å². The maximum atomic E-state index is 13.8. The van der Waals surface area contributed by atoms with E-state index in [9.17, 15) is 14.4 Å². The third-order valence-electron chi connectivity index (χ3n) is 6.41. The number of rotatable bonds is 5. The Kier molecular flexibility index (Phi) is 6.78. The van der Waals surface area contributed by atoms with Gasteiger partial charge in [0.2, 0.25) is 0 Å². The minimum atomic E-state index is -1.01. The highest BCUT2D eigenvalue weighted by Gasteiger charge is 2.28. The van der Waals surface area contributed by atoms with Gasteiger partial charge in [0, 0.05) is 28.8 Å². The second kappa shape index (κ2) is 10.2. The highest BCUT2D eigenvalue weighted by molar-refractivity contribution is 6.16. The van der Waals surface area contributed by atoms with Gasteiger partial charge in [0.1, 0.15) is 11.6 Å². The number of amides is 1. The minimum absolute atomic E-state index is 0.107. The maximum Gasteiger partial charge on any atom is 0.419 e. The molecule has 0 spiro atoms. The van der Waals surface area contributed by atoms with E-state index in [4.69, 9.17) is 9.47 Å². The molecule has 0 saturated heterocycles. The lowest BCUT2D eigenvalue weighted by molar-refractivity contribution is -0.142. The number of hydrogen-bond acceptors (Lipinski definition) is 6. The molecular formula is C31H29N3O5. The standard InChI is InChI=1S/C31H29N3O5/c1-31(2,3)39-30(37)34-18-19(20-11-7-10-16-26(20)34)17-25(29(36)38-4)33-28(35)27-21-12-5-8-14-23(21)32-24-15-9-6-13-22(24)27/h5-16,18,25H,17H2,1-4H3,(H,33,35)/t25-/m0/s1. The van der Waals surface area contributed by atoms with E-state index in [0.717, 1.165) is 5.39 Å². The van der Waals surface area contributed by atoms with Gasteiger partial charge in [0.05, 0.1) is 29.2 Å². The van der Waals surface area contributed by atoms with E-state index in [1.165, 1.54) is 11.7 Å². The van der Waals surface area contributed by atoms with E-state index >= 15 is 0 Å². The molecule has 5 rings (SSSR count). The molecule has 3 aromatic carbocycles. The summed E-state index contributed by atoms with van der Waals surface area (Å²) in [5, 5.41) is 5.02. The average molecular weight is 524 g/mol. The van der Waals surface area contributed by atoms with Crippen LogP contribution in [0.25, 0.3) is 32.7 Å². The number of pyridine rings is 1. The molecule has 0 unspecified atom stereocenters. The fraction of sp³-hybridized carbons (Fsp3) is 0.226. The van der Waals surface area contributed by atoms with E-state index in [-0.39, 0.29) is 6.42 Å². The molecule has 0 bridgehead atoms. The number of hydrogen-bond donors (Lipinski definition) is 1. The highest BCUT2D eigenvalue weighted by Crippen LogP contribution is 2.27. The van der Waals surface area contributed by atoms with Crippen LogP contribution in [0.1, 0.15) is 36.7 Å². The minimum Gasteiger partial charge on any atom is -0.467 e. The van der Waals surface area contributed by atoms with Crippen LogP contribution in [0.4, 0.5) is 4.79 Å². The summed E-state index contributed by atoms with van der Waals surface area (Å²) in [7, 11) is 1.28. The van der Waals surface area contributed by atoms with Gasteiger partial charge in [-0.2, -0.15) is 0 Å². The largest absolute Gasteiger partial charge is 0.467 e. The van der Waals surface area contributed by atoms with Crippen molar-refractivity contribution in [3.63, 3.8) is 0 Å². The number of esters is 1. The first-order valence-electron chi connectivity index (χ1n) is 12.6. The van der Waals surface area contributed by atoms with Gasteiger partial charge in [-0.3, -0.25) is 9.36 Å². The van der Waals surface area contributed by atoms with Crippen LogP contribution in [0.5, 0.6) is 0 Å². The Morgan fingerprint density at radius 3 is 2.03 bits per heavy atom. The van der Waals surface area contributed by atoms with Crippen LogP contribution in [0.15, 0.2) is 79.0 Å². The Bertz CT molecular complexity index is 1680. The van der Waals surface area contributed by atoms with Gasteiger partial charge in [-0.05, 0) is 44.5 Å². The summed E-state index contributed by atoms with van der Waals surface area (Å²) in [5.41, 5.74) is 2.44. The molecule has 0 aliphatic heterocycles. The number of ether oxygens (including phenoxy) is 2. The molecule has 1 N–H and O–H groups in total. The molecule has 1 amide bonds. The molecule has 2 aromatic heterocycles. The molecule has 0 saturated carbocycles. The van der Waals surface area contributed by atoms with Gasteiger partial charge < -0.3 is 14.8 Å². The van der Waals surface area contributed by atoms with Crippen molar-refractivity contribution in [3.05, 3.63) is 90.1 Å². The van der Waals surface area contributed by atoms with E-state index < -0.39 is 29.6 Å². The fourth-order valence-electron chi connectivity index (χ4n) is 4.75. The Labute approximate surface area is 225 Å². The zero-order valence-electron chi connectivity index (χ0n) is 22.2. The van der Waals surface area contributed by atoms with Crippen molar-refractivity contribution >= 4 is 50.7 Å². The third kappa shape index (κ3) is 5.18. The van der Waals surface area contributed by atoms with Crippen LogP contribution >= 0.6 is 0 Å². The number of fused-ring (bicyclic) bond motifs is 3. The lowest BCUT2D eigenvalue weighted by Crippen LogP contribution is -2.43. The molecule has 0 aliphatic rings. The highest BCUT2D eigenvalue weighted by atomic mass is 16.6. The molecule has 5 aromatic rings. The van der Waals surface area contributed by atoms with Crippen molar-refractivity contribution in [2.45, 2.75) is 38.8 Å². The van der Waals surface area contributed by atoms with E-state index in [1.54, 1.807) is 27.0 Å². The Morgan fingerprint density at radius 2 is 1.44 bits per heavy atom. The Morgan fingerprint density at radius 1 is 0.872 bits per heavy atom. The van der Waals surface area contributed by atoms with Gasteiger partial charge in [0.15, 0.2) is 0 Å². The number of carbonyl (C=O) groups is 3. The number of carbonyl (C=O) groups excluding carboxylic acids is 3. The van der Waals surface area contributed by atoms with E-state index in [0.29, 0.717) is 38.4 Å². The molecule has 198 valence electrons. The van der Waals surface area contributed by atoms with Crippen LogP contribution in [0.2, 0.25) is 0 Å². The van der Waals surface area contributed by atoms with Crippen LogP contribution in [-0.4, -0.2) is 46.3 Å². The zero-order chi connectivity index (χ0) is 27.7. The first kappa shape index (κ1) is 25.9. The predicted molar refractivity (Wildman–Crippen MR) is 150 cm³/mol. The van der Waals surface area contributed by atoms with E-state index in [1.807, 2.05) is 72.8 Å². The summed E-state index contributed by atoms with van der Waals surface area (Å²) >= 11 is 0. The predicted octanol–water partition coefficient (Wildman–Crippen LogP) is 5.64. The quantitative estimate of drug-likeness (QED) is 0.236. The van der Waals surface area contributed by atoms with Gasteiger partial charge in [-0.1, -0.05) is 54.6 Å². The van der Waals surface area contributed by atoms with Gasteiger partial charge in [0.25, 0.3) is 5.91 Å². The van der Waals surface area contributed by atoms with Gasteiger partial charge >= 0.3 is 12.1 Å². The topological polar surface area (TPSA) is 99.5 Å². The molecule has 0 fully saturated rings. The first-order chi connectivity index (χ1) is 18.7. The van der Waals surface area contributed by atoms with Crippen molar-refractivity contribution in [2.24, 2.45) is 0 Å². The Hall–Kier alpha value is -4.72. The number of para-hydroxylation sites is 3. The molecule has 2 heterocycles. The number of nitrogens with zero attached hydrogens (tertiary/aromatic N) is 2. The summed E-state index contributed by atoms with van der Waals surface area (Å²) < 4.78 is 12.1. The summed E-state index contributed by atoms with van der Waals surface area (Å²) in [6.07, 6.45) is 1.23. The number of aromatic nitrogens is 2. The van der Waals surface area contributed by atoms with Gasteiger partial charge in [-0.25, -0.2) is 14.6 Å². The van der Waals surface area contributed by atoms with E-state index in [2.05, 4.69) is 10.3 Å². The summed E-state index contributed by atoms with van der Waals surface area (Å²) in [6, 6.07) is 21.1. The van der Waals surface area contributed by atoms with Crippen molar-refractivity contribution in [2.75, 3.05) is 7.11 Å². The Balaban J connectivity index is 1.53. The zero-order valence-corrected chi connectivity index (χ0v) is 22.2. The van der Waals surface area contributed by atoms with Crippen molar-refractivity contribution in [1.29, 1.82) is 0 Å². The smallest absolute Gasteiger partial charge is 0.419 e. The lowest BCUT2D eigenvalue weighted by atomic mass is 10.0. The molecule has 0 radical (unpaired) electrons. The van der Waals surface area contributed by atoms with Crippen LogP contribution < -0.4 is 5.32 Å². The molecular weight excluding hydrogens is 494 g/mol. The van der Waals surface area contributed by atoms with Crippen LogP contribution in [0.3, 0.4) is 0 Å². The summed E-state index contributed by atoms with van der Waals surface area (Å²) in [5.74, 6) is -1.02. The third-order valence-corrected chi connectivity index (χ3v) is 6.41. The first-order valence-corrected chi connectivity index (χ1v) is 12.6. The average Bonchev–Trinajstić information content (AvgIpc) is 3.28. The SMILES string of the molecule is COC(=O)[C@H](Cc1cn(C(=O)OC(C)(C)C)c2ccccc12)NC(=O)c1c2ccccc2nc2ccccc12. The van der Waals surface area contributed by atoms with Crippen LogP contribution in [-0.2, 0) is 20.7 Å². The summed E-state index contributed by atoms with van der Waals surface area (Å²) in [4.78, 5) is 44.4. The van der Waals surface area contributed by atoms with Crippen molar-refractivity contribution in [1.82, 2.24) is 14.9 Å². The monoisotopic (exact) mass is 523 g/mol. The molecule has 0 aliphatic carbocycles. The van der Waals surface area contributed by atoms with Crippen molar-refractivity contribution in [3.8, 4) is 0 Å². The van der Waals surface area contributed by atoms with Crippen molar-refractivity contribution < 1.29 is 23.9 Å². The maximum absolute atomic E-state index is 13.8.